The topological polar surface area (TPSA) is 97.1 Å². The summed E-state index contributed by atoms with van der Waals surface area (Å²) in [6.07, 6.45) is 4.29. The zero-order valence-electron chi connectivity index (χ0n) is 18.3. The Morgan fingerprint density at radius 2 is 1.88 bits per heavy atom. The lowest BCUT2D eigenvalue weighted by Crippen LogP contribution is -2.61. The van der Waals surface area contributed by atoms with E-state index in [-0.39, 0.29) is 22.0 Å². The Morgan fingerprint density at radius 1 is 1.18 bits per heavy atom. The third kappa shape index (κ3) is 3.05. The number of anilines is 1. The minimum absolute atomic E-state index is 0.0809. The molecule has 3 heterocycles. The molecule has 1 saturated carbocycles. The highest BCUT2D eigenvalue weighted by Crippen LogP contribution is 2.63. The van der Waals surface area contributed by atoms with Gasteiger partial charge in [0.25, 0.3) is 0 Å². The lowest BCUT2D eigenvalue weighted by atomic mass is 9.53. The molecule has 6 nitrogen and oxygen atoms in total. The van der Waals surface area contributed by atoms with Gasteiger partial charge in [0, 0.05) is 28.4 Å². The van der Waals surface area contributed by atoms with Crippen molar-refractivity contribution in [3.63, 3.8) is 0 Å². The van der Waals surface area contributed by atoms with Crippen LogP contribution in [0.15, 0.2) is 30.5 Å². The number of nitrogens with zero attached hydrogens (tertiary/aromatic N) is 1. The Hall–Kier alpha value is -2.22. The number of nitrogens with one attached hydrogen (secondary N) is 2. The molecule has 1 saturated heterocycles. The monoisotopic (exact) mass is 490 g/mol. The number of rotatable bonds is 2. The lowest BCUT2D eigenvalue weighted by molar-refractivity contribution is -0.124. The molecule has 0 bridgehead atoms. The number of benzene rings is 1. The van der Waals surface area contributed by atoms with Crippen molar-refractivity contribution < 1.29 is 14.0 Å². The molecule has 33 heavy (non-hydrogen) atoms. The first kappa shape index (κ1) is 22.6. The number of halogens is 3. The predicted molar refractivity (Wildman–Crippen MR) is 125 cm³/mol. The van der Waals surface area contributed by atoms with Crippen LogP contribution in [0.1, 0.15) is 56.6 Å². The van der Waals surface area contributed by atoms with Gasteiger partial charge in [-0.3, -0.25) is 14.9 Å². The molecule has 9 heteroatoms. The second-order valence-corrected chi connectivity index (χ2v) is 11.0. The second-order valence-electron chi connectivity index (χ2n) is 10.2. The number of hydrogen-bond donors (Lipinski definition) is 3. The van der Waals surface area contributed by atoms with Gasteiger partial charge < -0.3 is 11.1 Å². The van der Waals surface area contributed by atoms with Gasteiger partial charge in [-0.1, -0.05) is 43.1 Å². The number of primary amides is 1. The van der Waals surface area contributed by atoms with Crippen molar-refractivity contribution in [3.8, 4) is 0 Å². The van der Waals surface area contributed by atoms with Crippen LogP contribution in [0.25, 0.3) is 0 Å². The van der Waals surface area contributed by atoms with E-state index in [0.717, 1.165) is 12.8 Å². The van der Waals surface area contributed by atoms with E-state index in [1.807, 2.05) is 0 Å². The van der Waals surface area contributed by atoms with Gasteiger partial charge in [-0.15, -0.1) is 0 Å². The Balaban J connectivity index is 1.83. The third-order valence-corrected chi connectivity index (χ3v) is 8.47. The number of aromatic nitrogens is 1. The fourth-order valence-electron chi connectivity index (χ4n) is 6.35. The van der Waals surface area contributed by atoms with Gasteiger partial charge in [0.2, 0.25) is 11.8 Å². The molecule has 4 N–H and O–H groups in total. The molecule has 3 aliphatic rings. The summed E-state index contributed by atoms with van der Waals surface area (Å²) < 4.78 is 15.4. The summed E-state index contributed by atoms with van der Waals surface area (Å²) in [5.74, 6) is -2.61. The number of amides is 2. The van der Waals surface area contributed by atoms with Gasteiger partial charge in [0.1, 0.15) is 5.41 Å². The van der Waals surface area contributed by atoms with Gasteiger partial charge in [0.05, 0.1) is 6.04 Å². The summed E-state index contributed by atoms with van der Waals surface area (Å²) in [4.78, 5) is 30.6. The predicted octanol–water partition coefficient (Wildman–Crippen LogP) is 4.30. The molecule has 5 rings (SSSR count). The van der Waals surface area contributed by atoms with Gasteiger partial charge in [0.15, 0.2) is 11.0 Å². The molecule has 2 spiro atoms. The zero-order chi connectivity index (χ0) is 23.8. The number of pyridine rings is 1. The van der Waals surface area contributed by atoms with Crippen molar-refractivity contribution in [3.05, 3.63) is 57.6 Å². The van der Waals surface area contributed by atoms with Crippen LogP contribution in [0.2, 0.25) is 10.2 Å². The minimum Gasteiger partial charge on any atom is -0.368 e. The van der Waals surface area contributed by atoms with Crippen molar-refractivity contribution in [1.82, 2.24) is 10.3 Å². The molecule has 2 aromatic rings. The summed E-state index contributed by atoms with van der Waals surface area (Å²) in [6, 6.07) is 5.71. The van der Waals surface area contributed by atoms with Gasteiger partial charge in [-0.05, 0) is 60.4 Å². The summed E-state index contributed by atoms with van der Waals surface area (Å²) in [5, 5.41) is 6.58. The van der Waals surface area contributed by atoms with Crippen molar-refractivity contribution in [2.45, 2.75) is 62.4 Å². The zero-order valence-corrected chi connectivity index (χ0v) is 19.9. The summed E-state index contributed by atoms with van der Waals surface area (Å²) >= 11 is 12.3. The summed E-state index contributed by atoms with van der Waals surface area (Å²) in [7, 11) is 0. The fraction of sp³-hybridized carbons (Fsp3) is 0.458. The average molecular weight is 491 g/mol. The molecule has 3 unspecified atom stereocenters. The second kappa shape index (κ2) is 7.39. The van der Waals surface area contributed by atoms with Gasteiger partial charge in [-0.25, -0.2) is 9.37 Å². The number of nitrogens with two attached hydrogens (primary N) is 1. The van der Waals surface area contributed by atoms with Crippen molar-refractivity contribution in [2.75, 3.05) is 5.32 Å². The largest absolute Gasteiger partial charge is 0.368 e. The maximum absolute atomic E-state index is 15.4. The van der Waals surface area contributed by atoms with Crippen LogP contribution in [0, 0.1) is 11.2 Å². The standard InChI is InChI=1S/C24H25Cl2FN4O2/c1-22(2)6-8-23(9-7-22)24(14-4-3-12(25)11-15(14)30-21(24)33)16(18(31-23)20(28)32)13-5-10-29-19(26)17(13)27/h3-5,10-11,16,18,31H,6-9H2,1-2H3,(H2,28,32)(H,30,33). The van der Waals surface area contributed by atoms with E-state index >= 15 is 4.39 Å². The smallest absolute Gasteiger partial charge is 0.237 e. The van der Waals surface area contributed by atoms with Gasteiger partial charge in [-0.2, -0.15) is 0 Å². The normalized spacial score (nSPS) is 29.3. The molecular weight excluding hydrogens is 466 g/mol. The van der Waals surface area contributed by atoms with Crippen LogP contribution in [0.3, 0.4) is 0 Å². The first-order chi connectivity index (χ1) is 15.5. The Kier molecular flexibility index (Phi) is 5.05. The Morgan fingerprint density at radius 3 is 2.55 bits per heavy atom. The van der Waals surface area contributed by atoms with Crippen LogP contribution < -0.4 is 16.4 Å². The van der Waals surface area contributed by atoms with E-state index in [0.29, 0.717) is 29.1 Å². The molecule has 174 valence electrons. The third-order valence-electron chi connectivity index (χ3n) is 7.97. The minimum atomic E-state index is -1.28. The maximum Gasteiger partial charge on any atom is 0.237 e. The summed E-state index contributed by atoms with van der Waals surface area (Å²) in [5.41, 5.74) is 5.26. The Labute approximate surface area is 201 Å². The first-order valence-corrected chi connectivity index (χ1v) is 11.8. The molecule has 2 aliphatic heterocycles. The van der Waals surface area contributed by atoms with Crippen LogP contribution in [-0.4, -0.2) is 28.4 Å². The number of fused-ring (bicyclic) bond motifs is 3. The van der Waals surface area contributed by atoms with Crippen LogP contribution >= 0.6 is 23.2 Å². The molecule has 1 aromatic heterocycles. The van der Waals surface area contributed by atoms with E-state index in [2.05, 4.69) is 29.5 Å². The van der Waals surface area contributed by atoms with Crippen LogP contribution in [0.5, 0.6) is 0 Å². The molecular formula is C24H25Cl2FN4O2. The van der Waals surface area contributed by atoms with E-state index in [1.54, 1.807) is 18.2 Å². The molecule has 2 fully saturated rings. The van der Waals surface area contributed by atoms with E-state index in [9.17, 15) is 9.59 Å². The van der Waals surface area contributed by atoms with E-state index in [1.165, 1.54) is 12.3 Å². The maximum atomic E-state index is 15.4. The molecule has 1 aromatic carbocycles. The summed E-state index contributed by atoms with van der Waals surface area (Å²) in [6.45, 7) is 4.38. The van der Waals surface area contributed by atoms with Crippen molar-refractivity contribution in [2.24, 2.45) is 11.1 Å². The van der Waals surface area contributed by atoms with E-state index in [4.69, 9.17) is 28.9 Å². The Bertz CT molecular complexity index is 1180. The highest BCUT2D eigenvalue weighted by Gasteiger charge is 2.72. The number of carbonyl (C=O) groups is 2. The van der Waals surface area contributed by atoms with Crippen molar-refractivity contribution in [1.29, 1.82) is 0 Å². The fourth-order valence-corrected chi connectivity index (χ4v) is 6.68. The van der Waals surface area contributed by atoms with Crippen LogP contribution in [0.4, 0.5) is 10.1 Å². The molecule has 1 aliphatic carbocycles. The highest BCUT2D eigenvalue weighted by molar-refractivity contribution is 6.31. The molecule has 3 atom stereocenters. The quantitative estimate of drug-likeness (QED) is 0.546. The van der Waals surface area contributed by atoms with E-state index < -0.39 is 34.6 Å². The molecule has 2 amide bonds. The highest BCUT2D eigenvalue weighted by atomic mass is 35.5. The SMILES string of the molecule is CC1(C)CCC2(CC1)NC(C(N)=O)C(c1ccnc(Cl)c1F)C21C(=O)Nc2cc(Cl)ccc21. The number of carbonyl (C=O) groups excluding carboxylic acids is 2. The van der Waals surface area contributed by atoms with Gasteiger partial charge >= 0.3 is 0 Å². The molecule has 0 radical (unpaired) electrons. The number of hydrogen-bond acceptors (Lipinski definition) is 4. The van der Waals surface area contributed by atoms with Crippen molar-refractivity contribution >= 4 is 40.7 Å². The lowest BCUT2D eigenvalue weighted by Gasteiger charge is -2.50. The first-order valence-electron chi connectivity index (χ1n) is 11.0. The van der Waals surface area contributed by atoms with Crippen LogP contribution in [-0.2, 0) is 15.0 Å². The average Bonchev–Trinajstić information content (AvgIpc) is 3.20.